The lowest BCUT2D eigenvalue weighted by molar-refractivity contribution is -0.144. The van der Waals surface area contributed by atoms with E-state index in [0.717, 1.165) is 15.8 Å². The van der Waals surface area contributed by atoms with Crippen molar-refractivity contribution in [3.05, 3.63) is 104 Å². The van der Waals surface area contributed by atoms with Gasteiger partial charge < -0.3 is 19.9 Å². The number of nitrogens with zero attached hydrogens (tertiary/aromatic N) is 4. The van der Waals surface area contributed by atoms with Crippen LogP contribution in [0.5, 0.6) is 11.6 Å². The highest BCUT2D eigenvalue weighted by Crippen LogP contribution is 2.46. The second-order valence-corrected chi connectivity index (χ2v) is 9.97. The number of benzene rings is 2. The largest absolute Gasteiger partial charge is 0.481 e. The molecule has 0 saturated heterocycles. The van der Waals surface area contributed by atoms with Crippen molar-refractivity contribution < 1.29 is 19.4 Å². The molecule has 4 aromatic rings. The van der Waals surface area contributed by atoms with Crippen LogP contribution in [0.1, 0.15) is 24.1 Å². The molecule has 5 rings (SSSR count). The number of halogens is 1. The summed E-state index contributed by atoms with van der Waals surface area (Å²) < 4.78 is 13.1. The highest BCUT2D eigenvalue weighted by atomic mass is 35.5. The van der Waals surface area contributed by atoms with Crippen LogP contribution in [-0.4, -0.2) is 37.3 Å². The van der Waals surface area contributed by atoms with Gasteiger partial charge in [-0.3, -0.25) is 9.36 Å². The Bertz CT molecular complexity index is 1650. The number of hydrogen-bond acceptors (Lipinski definition) is 8. The minimum absolute atomic E-state index is 0.0176. The lowest BCUT2D eigenvalue weighted by Crippen LogP contribution is -2.45. The van der Waals surface area contributed by atoms with Crippen LogP contribution in [0.25, 0.3) is 0 Å². The van der Waals surface area contributed by atoms with Gasteiger partial charge in [-0.15, -0.1) is 0 Å². The first-order valence-corrected chi connectivity index (χ1v) is 12.8. The standard InChI is InChI=1S/C28H26ClN5O6/c1-39-16-21-3-2-4-23(30-21)40-22-11-9-20(10-12-22)31-25-32-26(37)34(17-28(13-14-28)24(35)36)27(38)33(25)15-18-5-7-19(29)8-6-18/h2-12H,13-17H2,1H3,(H,35,36)(H,31,32,37). The second kappa shape index (κ2) is 11.3. The Labute approximate surface area is 233 Å². The van der Waals surface area contributed by atoms with Crippen molar-refractivity contribution in [2.24, 2.45) is 5.41 Å². The van der Waals surface area contributed by atoms with Crippen LogP contribution in [0.2, 0.25) is 5.02 Å². The number of carboxylic acid groups (broad SMARTS) is 1. The molecule has 0 radical (unpaired) electrons. The predicted molar refractivity (Wildman–Crippen MR) is 147 cm³/mol. The number of anilines is 2. The molecule has 0 spiro atoms. The third-order valence-corrected chi connectivity index (χ3v) is 6.83. The van der Waals surface area contributed by atoms with Crippen LogP contribution >= 0.6 is 11.6 Å². The molecule has 0 amide bonds. The molecule has 40 heavy (non-hydrogen) atoms. The Morgan fingerprint density at radius 2 is 1.75 bits per heavy atom. The first-order chi connectivity index (χ1) is 19.3. The first-order valence-electron chi connectivity index (χ1n) is 12.5. The van der Waals surface area contributed by atoms with Crippen molar-refractivity contribution in [3.63, 3.8) is 0 Å². The Morgan fingerprint density at radius 1 is 1.02 bits per heavy atom. The molecule has 1 aliphatic carbocycles. The Hall–Kier alpha value is -4.48. The fraction of sp³-hybridized carbons (Fsp3) is 0.250. The van der Waals surface area contributed by atoms with Gasteiger partial charge in [-0.1, -0.05) is 29.8 Å². The molecule has 0 aliphatic heterocycles. The number of pyridine rings is 1. The van der Waals surface area contributed by atoms with E-state index in [4.69, 9.17) is 21.1 Å². The Balaban J connectivity index is 1.43. The summed E-state index contributed by atoms with van der Waals surface area (Å²) in [7, 11) is 1.59. The number of aliphatic carboxylic acids is 1. The highest BCUT2D eigenvalue weighted by molar-refractivity contribution is 6.30. The van der Waals surface area contributed by atoms with E-state index in [1.165, 1.54) is 4.57 Å². The number of aromatic nitrogens is 4. The molecule has 2 aromatic carbocycles. The van der Waals surface area contributed by atoms with E-state index in [1.807, 2.05) is 12.1 Å². The normalized spacial score (nSPS) is 13.6. The predicted octanol–water partition coefficient (Wildman–Crippen LogP) is 4.05. The van der Waals surface area contributed by atoms with Gasteiger partial charge in [0, 0.05) is 30.4 Å². The van der Waals surface area contributed by atoms with Gasteiger partial charge in [0.15, 0.2) is 0 Å². The van der Waals surface area contributed by atoms with Crippen molar-refractivity contribution in [1.29, 1.82) is 0 Å². The number of ether oxygens (including phenoxy) is 2. The molecule has 0 unspecified atom stereocenters. The van der Waals surface area contributed by atoms with Crippen LogP contribution in [-0.2, 0) is 29.2 Å². The number of hydrogen-bond donors (Lipinski definition) is 2. The number of carbonyl (C=O) groups is 1. The second-order valence-electron chi connectivity index (χ2n) is 9.54. The Kier molecular flexibility index (Phi) is 7.67. The van der Waals surface area contributed by atoms with Gasteiger partial charge in [0.2, 0.25) is 11.8 Å². The monoisotopic (exact) mass is 563 g/mol. The summed E-state index contributed by atoms with van der Waals surface area (Å²) in [6.07, 6.45) is 0.790. The maximum atomic E-state index is 13.5. The fourth-order valence-electron chi connectivity index (χ4n) is 4.17. The molecule has 2 N–H and O–H groups in total. The van der Waals surface area contributed by atoms with Crippen LogP contribution in [0, 0.1) is 5.41 Å². The topological polar surface area (TPSA) is 138 Å². The van der Waals surface area contributed by atoms with Gasteiger partial charge in [0.1, 0.15) is 5.75 Å². The molecule has 206 valence electrons. The highest BCUT2D eigenvalue weighted by Gasteiger charge is 2.51. The zero-order valence-corrected chi connectivity index (χ0v) is 22.3. The maximum Gasteiger partial charge on any atom is 0.354 e. The van der Waals surface area contributed by atoms with Gasteiger partial charge >= 0.3 is 17.3 Å². The molecule has 11 nitrogen and oxygen atoms in total. The van der Waals surface area contributed by atoms with Crippen molar-refractivity contribution in [2.75, 3.05) is 12.4 Å². The number of nitrogens with one attached hydrogen (secondary N) is 1. The van der Waals surface area contributed by atoms with Crippen molar-refractivity contribution in [1.82, 2.24) is 19.1 Å². The molecular formula is C28H26ClN5O6. The molecular weight excluding hydrogens is 538 g/mol. The molecule has 0 atom stereocenters. The third kappa shape index (κ3) is 6.05. The van der Waals surface area contributed by atoms with Crippen molar-refractivity contribution in [2.45, 2.75) is 32.5 Å². The van der Waals surface area contributed by atoms with Crippen LogP contribution in [0.4, 0.5) is 11.6 Å². The Morgan fingerprint density at radius 3 is 2.40 bits per heavy atom. The van der Waals surface area contributed by atoms with Gasteiger partial charge in [-0.25, -0.2) is 19.1 Å². The summed E-state index contributed by atoms with van der Waals surface area (Å²) in [6.45, 7) is 0.205. The third-order valence-electron chi connectivity index (χ3n) is 6.58. The van der Waals surface area contributed by atoms with E-state index in [2.05, 4.69) is 15.3 Å². The van der Waals surface area contributed by atoms with Crippen LogP contribution in [0.3, 0.4) is 0 Å². The molecule has 1 aliphatic rings. The zero-order chi connectivity index (χ0) is 28.3. The summed E-state index contributed by atoms with van der Waals surface area (Å²) in [5, 5.41) is 13.2. The van der Waals surface area contributed by atoms with E-state index in [0.29, 0.717) is 41.8 Å². The smallest absolute Gasteiger partial charge is 0.354 e. The van der Waals surface area contributed by atoms with E-state index in [1.54, 1.807) is 61.7 Å². The van der Waals surface area contributed by atoms with Crippen LogP contribution in [0.15, 0.2) is 76.3 Å². The number of methoxy groups -OCH3 is 1. The molecule has 12 heteroatoms. The zero-order valence-electron chi connectivity index (χ0n) is 21.5. The van der Waals surface area contributed by atoms with E-state index in [-0.39, 0.29) is 19.0 Å². The first kappa shape index (κ1) is 27.1. The molecule has 2 aromatic heterocycles. The SMILES string of the molecule is COCc1cccc(Oc2ccc(Nc3nc(=O)n(CC4(C(=O)O)CC4)c(=O)n3Cc3ccc(Cl)cc3)cc2)n1. The van der Waals surface area contributed by atoms with E-state index < -0.39 is 22.8 Å². The van der Waals surface area contributed by atoms with E-state index in [9.17, 15) is 19.5 Å². The van der Waals surface area contributed by atoms with Crippen LogP contribution < -0.4 is 21.4 Å². The summed E-state index contributed by atoms with van der Waals surface area (Å²) in [4.78, 5) is 46.7. The summed E-state index contributed by atoms with van der Waals surface area (Å²) >= 11 is 6.01. The molecule has 0 bridgehead atoms. The van der Waals surface area contributed by atoms with E-state index >= 15 is 0 Å². The quantitative estimate of drug-likeness (QED) is 0.277. The van der Waals surface area contributed by atoms with Crippen molar-refractivity contribution >= 4 is 29.2 Å². The van der Waals surface area contributed by atoms with Crippen molar-refractivity contribution in [3.8, 4) is 11.6 Å². The minimum Gasteiger partial charge on any atom is -0.481 e. The molecule has 2 heterocycles. The lowest BCUT2D eigenvalue weighted by Gasteiger charge is -2.17. The average Bonchev–Trinajstić information content (AvgIpc) is 3.73. The van der Waals surface area contributed by atoms with Gasteiger partial charge in [-0.2, -0.15) is 4.98 Å². The van der Waals surface area contributed by atoms with Gasteiger partial charge in [0.25, 0.3) is 0 Å². The number of rotatable bonds is 11. The molecule has 1 fully saturated rings. The number of carboxylic acids is 1. The van der Waals surface area contributed by atoms with Gasteiger partial charge in [0.05, 0.1) is 24.3 Å². The maximum absolute atomic E-state index is 13.5. The summed E-state index contributed by atoms with van der Waals surface area (Å²) in [5.74, 6) is -0.0813. The average molecular weight is 564 g/mol. The minimum atomic E-state index is -1.12. The van der Waals surface area contributed by atoms with Gasteiger partial charge in [-0.05, 0) is 60.9 Å². The fourth-order valence-corrected chi connectivity index (χ4v) is 4.29. The summed E-state index contributed by atoms with van der Waals surface area (Å²) in [5.41, 5.74) is -0.583. The summed E-state index contributed by atoms with van der Waals surface area (Å²) in [6, 6.07) is 19.1. The molecule has 1 saturated carbocycles. The lowest BCUT2D eigenvalue weighted by atomic mass is 10.1.